The number of hydrogen-bond donors (Lipinski definition) is 2. The predicted octanol–water partition coefficient (Wildman–Crippen LogP) is 1.40. The molecule has 1 amide bonds. The first-order chi connectivity index (χ1) is 11.6. The predicted molar refractivity (Wildman–Crippen MR) is 95.7 cm³/mol. The summed E-state index contributed by atoms with van der Waals surface area (Å²) in [5.74, 6) is 1.49. The second-order valence-electron chi connectivity index (χ2n) is 6.24. The van der Waals surface area contributed by atoms with E-state index in [9.17, 15) is 4.79 Å². The summed E-state index contributed by atoms with van der Waals surface area (Å²) in [6.45, 7) is 3.35. The Morgan fingerprint density at radius 2 is 1.92 bits per heavy atom. The summed E-state index contributed by atoms with van der Waals surface area (Å²) in [6.07, 6.45) is 2.40. The average molecular weight is 349 g/mol. The molecule has 6 nitrogen and oxygen atoms in total. The summed E-state index contributed by atoms with van der Waals surface area (Å²) in [7, 11) is 3.10. The molecule has 3 saturated heterocycles. The summed E-state index contributed by atoms with van der Waals surface area (Å²) in [4.78, 5) is 14.8. The Hall–Kier alpha value is -1.86. The fourth-order valence-corrected chi connectivity index (χ4v) is 3.73. The van der Waals surface area contributed by atoms with Crippen LogP contribution in [-0.2, 0) is 0 Å². The van der Waals surface area contributed by atoms with Crippen molar-refractivity contribution in [3.63, 3.8) is 0 Å². The molecule has 3 aliphatic rings. The molecule has 0 saturated carbocycles. The highest BCUT2D eigenvalue weighted by Gasteiger charge is 2.34. The zero-order chi connectivity index (χ0) is 17.1. The molecule has 3 fully saturated rings. The van der Waals surface area contributed by atoms with Gasteiger partial charge in [-0.1, -0.05) is 0 Å². The van der Waals surface area contributed by atoms with E-state index in [2.05, 4.69) is 15.5 Å². The molecule has 3 aliphatic heterocycles. The second-order valence-corrected chi connectivity index (χ2v) is 6.65. The number of carbonyl (C=O) groups is 1. The summed E-state index contributed by atoms with van der Waals surface area (Å²) in [5.41, 5.74) is 0.478. The van der Waals surface area contributed by atoms with Crippen molar-refractivity contribution in [1.82, 2.24) is 15.5 Å². The van der Waals surface area contributed by atoms with Gasteiger partial charge >= 0.3 is 0 Å². The van der Waals surface area contributed by atoms with Gasteiger partial charge in [0.2, 0.25) is 0 Å². The number of thiocarbonyl (C=S) groups is 1. The number of fused-ring (bicyclic) bond motifs is 3. The molecule has 2 N–H and O–H groups in total. The third kappa shape index (κ3) is 3.62. The molecule has 4 rings (SSSR count). The van der Waals surface area contributed by atoms with Crippen molar-refractivity contribution < 1.29 is 14.3 Å². The normalized spacial score (nSPS) is 25.0. The minimum absolute atomic E-state index is 0.255. The number of piperidine rings is 3. The Morgan fingerprint density at radius 3 is 2.50 bits per heavy atom. The number of methoxy groups -OCH3 is 2. The lowest BCUT2D eigenvalue weighted by Crippen LogP contribution is -2.59. The highest BCUT2D eigenvalue weighted by molar-refractivity contribution is 7.80. The van der Waals surface area contributed by atoms with Crippen molar-refractivity contribution in [3.8, 4) is 11.5 Å². The highest BCUT2D eigenvalue weighted by atomic mass is 32.1. The zero-order valence-corrected chi connectivity index (χ0v) is 14.8. The van der Waals surface area contributed by atoms with Crippen LogP contribution in [0.4, 0.5) is 0 Å². The van der Waals surface area contributed by atoms with Crippen LogP contribution in [0.1, 0.15) is 23.2 Å². The van der Waals surface area contributed by atoms with Gasteiger partial charge in [-0.3, -0.25) is 10.1 Å². The zero-order valence-electron chi connectivity index (χ0n) is 14.0. The molecular weight excluding hydrogens is 326 g/mol. The van der Waals surface area contributed by atoms with Crippen LogP contribution in [0.2, 0.25) is 0 Å². The van der Waals surface area contributed by atoms with Crippen molar-refractivity contribution in [2.45, 2.75) is 18.9 Å². The molecular formula is C17H23N3O3S. The molecule has 1 aromatic carbocycles. The number of nitrogens with zero attached hydrogens (tertiary/aromatic N) is 1. The van der Waals surface area contributed by atoms with Crippen LogP contribution in [-0.4, -0.2) is 55.8 Å². The van der Waals surface area contributed by atoms with Gasteiger partial charge in [0.05, 0.1) is 14.2 Å². The van der Waals surface area contributed by atoms with Crippen LogP contribution in [0, 0.1) is 5.92 Å². The van der Waals surface area contributed by atoms with Crippen molar-refractivity contribution in [2.24, 2.45) is 5.92 Å². The first-order valence-electron chi connectivity index (χ1n) is 8.17. The third-order valence-corrected chi connectivity index (χ3v) is 5.07. The van der Waals surface area contributed by atoms with Gasteiger partial charge in [-0.05, 0) is 62.3 Å². The van der Waals surface area contributed by atoms with Crippen LogP contribution < -0.4 is 20.1 Å². The van der Waals surface area contributed by atoms with E-state index in [4.69, 9.17) is 21.7 Å². The second kappa shape index (κ2) is 7.36. The maximum Gasteiger partial charge on any atom is 0.257 e. The van der Waals surface area contributed by atoms with Crippen molar-refractivity contribution in [2.75, 3.05) is 33.9 Å². The standard InChI is InChI=1S/C17H23N3O3S/c1-22-14-4-3-12(9-15(14)23-2)16(21)19-17(24)18-13-10-20-7-5-11(13)6-8-20/h3-4,9,11,13H,5-8,10H2,1-2H3,(H2,18,19,21,24). The Labute approximate surface area is 147 Å². The smallest absolute Gasteiger partial charge is 0.257 e. The minimum Gasteiger partial charge on any atom is -0.493 e. The Balaban J connectivity index is 1.59. The van der Waals surface area contributed by atoms with E-state index < -0.39 is 0 Å². The van der Waals surface area contributed by atoms with Crippen LogP contribution in [0.15, 0.2) is 18.2 Å². The van der Waals surface area contributed by atoms with Gasteiger partial charge in [-0.2, -0.15) is 0 Å². The van der Waals surface area contributed by atoms with E-state index in [-0.39, 0.29) is 5.91 Å². The SMILES string of the molecule is COc1ccc(C(=O)NC(=S)NC2CN3CCC2CC3)cc1OC. The van der Waals surface area contributed by atoms with E-state index in [0.717, 1.165) is 6.54 Å². The van der Waals surface area contributed by atoms with Gasteiger partial charge in [-0.15, -0.1) is 0 Å². The van der Waals surface area contributed by atoms with Gasteiger partial charge in [0.1, 0.15) is 0 Å². The molecule has 2 bridgehead atoms. The largest absolute Gasteiger partial charge is 0.493 e. The van der Waals surface area contributed by atoms with E-state index in [1.807, 2.05) is 0 Å². The topological polar surface area (TPSA) is 62.8 Å². The molecule has 1 atom stereocenters. The summed E-state index contributed by atoms with van der Waals surface area (Å²) >= 11 is 5.32. The molecule has 1 aromatic rings. The van der Waals surface area contributed by atoms with Crippen molar-refractivity contribution in [3.05, 3.63) is 23.8 Å². The third-order valence-electron chi connectivity index (χ3n) is 4.85. The highest BCUT2D eigenvalue weighted by Crippen LogP contribution is 2.28. The molecule has 1 unspecified atom stereocenters. The van der Waals surface area contributed by atoms with Crippen molar-refractivity contribution >= 4 is 23.2 Å². The lowest BCUT2D eigenvalue weighted by molar-refractivity contribution is 0.0807. The summed E-state index contributed by atoms with van der Waals surface area (Å²) in [5, 5.41) is 6.45. The first-order valence-corrected chi connectivity index (χ1v) is 8.57. The first kappa shape index (κ1) is 17.0. The van der Waals surface area contributed by atoms with Crippen LogP contribution in [0.3, 0.4) is 0 Å². The maximum absolute atomic E-state index is 12.4. The van der Waals surface area contributed by atoms with Crippen LogP contribution in [0.25, 0.3) is 0 Å². The molecule has 130 valence electrons. The number of rotatable bonds is 4. The van der Waals surface area contributed by atoms with Gasteiger partial charge in [0, 0.05) is 18.2 Å². The number of nitrogens with one attached hydrogen (secondary N) is 2. The number of carbonyl (C=O) groups excluding carboxylic acids is 1. The lowest BCUT2D eigenvalue weighted by atomic mass is 9.84. The van der Waals surface area contributed by atoms with Crippen LogP contribution in [0.5, 0.6) is 11.5 Å². The number of hydrogen-bond acceptors (Lipinski definition) is 5. The molecule has 7 heteroatoms. The average Bonchev–Trinajstić information content (AvgIpc) is 2.61. The van der Waals surface area contributed by atoms with Crippen LogP contribution >= 0.6 is 12.2 Å². The minimum atomic E-state index is -0.255. The Morgan fingerprint density at radius 1 is 1.21 bits per heavy atom. The van der Waals surface area contributed by atoms with E-state index in [1.165, 1.54) is 25.9 Å². The van der Waals surface area contributed by atoms with E-state index >= 15 is 0 Å². The van der Waals surface area contributed by atoms with Gasteiger partial charge in [0.15, 0.2) is 16.6 Å². The molecule has 0 radical (unpaired) electrons. The fraction of sp³-hybridized carbons (Fsp3) is 0.529. The van der Waals surface area contributed by atoms with E-state index in [0.29, 0.717) is 34.1 Å². The van der Waals surface area contributed by atoms with Gasteiger partial charge in [0.25, 0.3) is 5.91 Å². The van der Waals surface area contributed by atoms with E-state index in [1.54, 1.807) is 32.4 Å². The fourth-order valence-electron chi connectivity index (χ4n) is 3.49. The molecule has 24 heavy (non-hydrogen) atoms. The number of amides is 1. The van der Waals surface area contributed by atoms with Gasteiger partial charge < -0.3 is 19.7 Å². The molecule has 3 heterocycles. The summed E-state index contributed by atoms with van der Waals surface area (Å²) < 4.78 is 10.4. The lowest BCUT2D eigenvalue weighted by Gasteiger charge is -2.45. The number of benzene rings is 1. The Bertz CT molecular complexity index is 630. The Kier molecular flexibility index (Phi) is 5.20. The number of ether oxygens (including phenoxy) is 2. The molecule has 0 aliphatic carbocycles. The quantitative estimate of drug-likeness (QED) is 0.802. The summed E-state index contributed by atoms with van der Waals surface area (Å²) in [6, 6.07) is 5.36. The molecule has 0 spiro atoms. The maximum atomic E-state index is 12.4. The monoisotopic (exact) mass is 349 g/mol. The van der Waals surface area contributed by atoms with Crippen molar-refractivity contribution in [1.29, 1.82) is 0 Å². The molecule has 0 aromatic heterocycles. The van der Waals surface area contributed by atoms with Gasteiger partial charge in [-0.25, -0.2) is 0 Å².